The van der Waals surface area contributed by atoms with Crippen molar-refractivity contribution in [2.24, 2.45) is 11.7 Å². The Kier molecular flexibility index (Phi) is 2.14. The van der Waals surface area contributed by atoms with E-state index in [9.17, 15) is 4.57 Å². The van der Waals surface area contributed by atoms with Gasteiger partial charge in [0.2, 0.25) is 0 Å². The van der Waals surface area contributed by atoms with E-state index in [4.69, 9.17) is 14.8 Å². The molecule has 11 heavy (non-hydrogen) atoms. The summed E-state index contributed by atoms with van der Waals surface area (Å²) in [5.74, 6) is 0.230. The van der Waals surface area contributed by atoms with Gasteiger partial charge in [-0.15, -0.1) is 0 Å². The first kappa shape index (κ1) is 9.20. The molecule has 66 valence electrons. The zero-order valence-electron chi connectivity index (χ0n) is 7.03. The maximum Gasteiger partial charge on any atom is 0.350 e. The minimum Gasteiger partial charge on any atom is -0.315 e. The molecule has 2 atom stereocenters. The largest absolute Gasteiger partial charge is 0.350 e. The molecule has 5 heteroatoms. The highest BCUT2D eigenvalue weighted by Crippen LogP contribution is 2.70. The lowest BCUT2D eigenvalue weighted by Gasteiger charge is -2.20. The van der Waals surface area contributed by atoms with Gasteiger partial charge in [-0.2, -0.15) is 0 Å². The molecule has 4 nitrogen and oxygen atoms in total. The predicted octanol–water partition coefficient (Wildman–Crippen LogP) is 1.17. The van der Waals surface area contributed by atoms with Crippen molar-refractivity contribution in [2.75, 3.05) is 14.2 Å². The third kappa shape index (κ3) is 1.14. The Hall–Kier alpha value is 0.110. The van der Waals surface area contributed by atoms with Crippen LogP contribution in [-0.2, 0) is 13.6 Å². The Labute approximate surface area is 66.6 Å². The van der Waals surface area contributed by atoms with Crippen LogP contribution in [0.25, 0.3) is 0 Å². The first-order valence-electron chi connectivity index (χ1n) is 3.50. The Morgan fingerprint density at radius 2 is 1.91 bits per heavy atom. The molecule has 0 amide bonds. The number of nitrogens with two attached hydrogens (primary N) is 1. The summed E-state index contributed by atoms with van der Waals surface area (Å²) >= 11 is 0. The van der Waals surface area contributed by atoms with Crippen molar-refractivity contribution in [1.29, 1.82) is 0 Å². The van der Waals surface area contributed by atoms with Gasteiger partial charge in [-0.05, 0) is 12.3 Å². The van der Waals surface area contributed by atoms with E-state index >= 15 is 0 Å². The first-order valence-corrected chi connectivity index (χ1v) is 5.05. The van der Waals surface area contributed by atoms with Crippen LogP contribution in [0, 0.1) is 5.92 Å². The lowest BCUT2D eigenvalue weighted by molar-refractivity contribution is 0.261. The van der Waals surface area contributed by atoms with Crippen LogP contribution >= 0.6 is 7.60 Å². The van der Waals surface area contributed by atoms with Crippen molar-refractivity contribution in [1.82, 2.24) is 0 Å². The van der Waals surface area contributed by atoms with E-state index in [1.54, 1.807) is 0 Å². The highest BCUT2D eigenvalue weighted by molar-refractivity contribution is 7.56. The molecule has 0 spiro atoms. The summed E-state index contributed by atoms with van der Waals surface area (Å²) < 4.78 is 21.3. The van der Waals surface area contributed by atoms with Gasteiger partial charge in [0.1, 0.15) is 5.28 Å². The van der Waals surface area contributed by atoms with E-state index in [0.717, 1.165) is 0 Å². The van der Waals surface area contributed by atoms with E-state index < -0.39 is 12.9 Å². The van der Waals surface area contributed by atoms with Crippen molar-refractivity contribution in [2.45, 2.75) is 18.6 Å². The minimum atomic E-state index is -3.03. The van der Waals surface area contributed by atoms with Gasteiger partial charge in [0, 0.05) is 14.2 Å². The zero-order valence-corrected chi connectivity index (χ0v) is 7.93. The fraction of sp³-hybridized carbons (Fsp3) is 1.00. The molecule has 0 saturated heterocycles. The van der Waals surface area contributed by atoms with Crippen molar-refractivity contribution >= 4 is 7.60 Å². The summed E-state index contributed by atoms with van der Waals surface area (Å²) in [6.45, 7) is 1.94. The number of hydrogen-bond donors (Lipinski definition) is 1. The van der Waals surface area contributed by atoms with E-state index in [1.165, 1.54) is 14.2 Å². The van der Waals surface area contributed by atoms with Crippen molar-refractivity contribution < 1.29 is 13.6 Å². The van der Waals surface area contributed by atoms with Gasteiger partial charge in [0.15, 0.2) is 0 Å². The molecule has 1 aliphatic rings. The summed E-state index contributed by atoms with van der Waals surface area (Å²) in [7, 11) is -0.302. The SMILES string of the molecule is COP(=O)(OC)[C@@]1(N)C[C@@H]1C. The van der Waals surface area contributed by atoms with Gasteiger partial charge in [-0.25, -0.2) is 0 Å². The molecule has 0 bridgehead atoms. The summed E-state index contributed by atoms with van der Waals surface area (Å²) in [4.78, 5) is 0. The number of rotatable bonds is 3. The van der Waals surface area contributed by atoms with Gasteiger partial charge in [0.05, 0.1) is 0 Å². The molecule has 0 aromatic heterocycles. The first-order chi connectivity index (χ1) is 5.00. The Morgan fingerprint density at radius 1 is 1.55 bits per heavy atom. The Balaban J connectivity index is 2.80. The van der Waals surface area contributed by atoms with Crippen LogP contribution in [0.5, 0.6) is 0 Å². The number of hydrogen-bond acceptors (Lipinski definition) is 4. The van der Waals surface area contributed by atoms with Crippen LogP contribution in [0.2, 0.25) is 0 Å². The molecule has 0 aliphatic heterocycles. The van der Waals surface area contributed by atoms with Crippen LogP contribution in [0.3, 0.4) is 0 Å². The zero-order chi connectivity index (χ0) is 8.70. The van der Waals surface area contributed by atoms with E-state index in [2.05, 4.69) is 0 Å². The fourth-order valence-electron chi connectivity index (χ4n) is 1.23. The summed E-state index contributed by atoms with van der Waals surface area (Å²) in [5, 5.41) is -0.726. The second-order valence-corrected chi connectivity index (χ2v) is 5.52. The average Bonchev–Trinajstić information content (AvgIpc) is 2.60. The maximum absolute atomic E-state index is 11.7. The molecule has 1 rings (SSSR count). The topological polar surface area (TPSA) is 61.5 Å². The standard InChI is InChI=1S/C6H14NO3P/c1-5-4-6(5,7)11(8,9-2)10-3/h5H,4,7H2,1-3H3/t5-,6-/m0/s1. The van der Waals surface area contributed by atoms with Gasteiger partial charge < -0.3 is 14.8 Å². The van der Waals surface area contributed by atoms with Crippen molar-refractivity contribution in [3.8, 4) is 0 Å². The predicted molar refractivity (Wildman–Crippen MR) is 42.3 cm³/mol. The van der Waals surface area contributed by atoms with Gasteiger partial charge >= 0.3 is 7.60 Å². The maximum atomic E-state index is 11.7. The highest BCUT2D eigenvalue weighted by Gasteiger charge is 2.62. The second-order valence-electron chi connectivity index (χ2n) is 2.96. The quantitative estimate of drug-likeness (QED) is 0.660. The third-order valence-corrected chi connectivity index (χ3v) is 4.92. The minimum absolute atomic E-state index is 0.230. The lowest BCUT2D eigenvalue weighted by Crippen LogP contribution is -2.25. The highest BCUT2D eigenvalue weighted by atomic mass is 31.2. The Bertz CT molecular complexity index is 200. The van der Waals surface area contributed by atoms with E-state index in [0.29, 0.717) is 6.42 Å². The van der Waals surface area contributed by atoms with Crippen LogP contribution in [0.15, 0.2) is 0 Å². The molecule has 1 fully saturated rings. The molecular formula is C6H14NO3P. The molecule has 0 aromatic carbocycles. The van der Waals surface area contributed by atoms with Crippen LogP contribution in [0.1, 0.15) is 13.3 Å². The summed E-state index contributed by atoms with van der Waals surface area (Å²) in [5.41, 5.74) is 5.78. The smallest absolute Gasteiger partial charge is 0.315 e. The van der Waals surface area contributed by atoms with Gasteiger partial charge in [0.25, 0.3) is 0 Å². The molecular weight excluding hydrogens is 165 g/mol. The summed E-state index contributed by atoms with van der Waals surface area (Å²) in [6, 6.07) is 0. The van der Waals surface area contributed by atoms with E-state index in [-0.39, 0.29) is 5.92 Å². The van der Waals surface area contributed by atoms with Crippen molar-refractivity contribution in [3.05, 3.63) is 0 Å². The van der Waals surface area contributed by atoms with Crippen LogP contribution in [-0.4, -0.2) is 19.5 Å². The molecule has 2 N–H and O–H groups in total. The van der Waals surface area contributed by atoms with Crippen LogP contribution in [0.4, 0.5) is 0 Å². The molecule has 0 unspecified atom stereocenters. The van der Waals surface area contributed by atoms with Gasteiger partial charge in [-0.3, -0.25) is 4.57 Å². The third-order valence-electron chi connectivity index (χ3n) is 2.32. The van der Waals surface area contributed by atoms with Gasteiger partial charge in [-0.1, -0.05) is 6.92 Å². The van der Waals surface area contributed by atoms with Crippen LogP contribution < -0.4 is 5.73 Å². The second kappa shape index (κ2) is 2.56. The average molecular weight is 179 g/mol. The van der Waals surface area contributed by atoms with Crippen molar-refractivity contribution in [3.63, 3.8) is 0 Å². The molecule has 0 aromatic rings. The molecule has 1 saturated carbocycles. The normalized spacial score (nSPS) is 37.3. The molecule has 1 aliphatic carbocycles. The van der Waals surface area contributed by atoms with E-state index in [1.807, 2.05) is 6.92 Å². The summed E-state index contributed by atoms with van der Waals surface area (Å²) in [6.07, 6.45) is 0.714. The lowest BCUT2D eigenvalue weighted by atomic mass is 10.5. The monoisotopic (exact) mass is 179 g/mol. The molecule has 0 radical (unpaired) electrons. The Morgan fingerprint density at radius 3 is 2.00 bits per heavy atom. The molecule has 0 heterocycles. The fourth-order valence-corrected chi connectivity index (χ4v) is 3.09.